The first-order chi connectivity index (χ1) is 11.0. The highest BCUT2D eigenvalue weighted by atomic mass is 35.5. The number of benzene rings is 1. The van der Waals surface area contributed by atoms with E-state index in [1.54, 1.807) is 12.1 Å². The molecule has 5 nitrogen and oxygen atoms in total. The number of anilines is 1. The second-order valence-corrected chi connectivity index (χ2v) is 6.94. The Hall–Kier alpha value is -2.05. The van der Waals surface area contributed by atoms with Crippen molar-refractivity contribution in [3.8, 4) is 0 Å². The lowest BCUT2D eigenvalue weighted by Gasteiger charge is -2.09. The van der Waals surface area contributed by atoms with Gasteiger partial charge in [0.25, 0.3) is 0 Å². The van der Waals surface area contributed by atoms with E-state index in [9.17, 15) is 4.79 Å². The molecule has 23 heavy (non-hydrogen) atoms. The van der Waals surface area contributed by atoms with Crippen LogP contribution in [0, 0.1) is 6.92 Å². The van der Waals surface area contributed by atoms with Gasteiger partial charge in [0.2, 0.25) is 5.91 Å². The second-order valence-electron chi connectivity index (χ2n) is 5.17. The Kier molecular flexibility index (Phi) is 4.54. The van der Waals surface area contributed by atoms with Gasteiger partial charge in [-0.2, -0.15) is 0 Å². The molecule has 2 N–H and O–H groups in total. The van der Waals surface area contributed by atoms with E-state index in [2.05, 4.69) is 20.3 Å². The predicted octanol–water partition coefficient (Wildman–Crippen LogP) is 4.04. The molecule has 118 valence electrons. The van der Waals surface area contributed by atoms with Gasteiger partial charge >= 0.3 is 0 Å². The number of H-pyrrole nitrogens is 1. The van der Waals surface area contributed by atoms with Crippen LogP contribution in [0.25, 0.3) is 11.0 Å². The molecule has 0 aliphatic rings. The number of aromatic nitrogens is 3. The summed E-state index contributed by atoms with van der Waals surface area (Å²) in [5.74, 6) is 0.341. The fourth-order valence-electron chi connectivity index (χ4n) is 2.05. The molecule has 0 radical (unpaired) electrons. The van der Waals surface area contributed by atoms with Crippen LogP contribution in [0.3, 0.4) is 0 Å². The Morgan fingerprint density at radius 3 is 2.91 bits per heavy atom. The molecular formula is C16H15ClN4OS. The summed E-state index contributed by atoms with van der Waals surface area (Å²) in [6.45, 7) is 3.86. The maximum atomic E-state index is 12.2. The minimum atomic E-state index is -0.311. The fraction of sp³-hybridized carbons (Fsp3) is 0.188. The number of hydrogen-bond acceptors (Lipinski definition) is 4. The lowest BCUT2D eigenvalue weighted by atomic mass is 10.2. The van der Waals surface area contributed by atoms with Gasteiger partial charge in [0, 0.05) is 6.20 Å². The smallest absolute Gasteiger partial charge is 0.238 e. The molecule has 0 spiro atoms. The summed E-state index contributed by atoms with van der Waals surface area (Å²) in [7, 11) is 0. The third kappa shape index (κ3) is 3.83. The molecule has 1 amide bonds. The van der Waals surface area contributed by atoms with E-state index in [0.29, 0.717) is 10.8 Å². The molecule has 0 saturated heterocycles. The molecule has 2 aromatic heterocycles. The van der Waals surface area contributed by atoms with Crippen molar-refractivity contribution in [1.29, 1.82) is 0 Å². The topological polar surface area (TPSA) is 70.7 Å². The first-order valence-corrected chi connectivity index (χ1v) is 8.32. The maximum absolute atomic E-state index is 12.2. The number of nitrogens with zero attached hydrogens (tertiary/aromatic N) is 2. The monoisotopic (exact) mass is 346 g/mol. The molecule has 2 heterocycles. The summed E-state index contributed by atoms with van der Waals surface area (Å²) in [5.41, 5.74) is 3.03. The highest BCUT2D eigenvalue weighted by molar-refractivity contribution is 8.00. The molecule has 0 bridgehead atoms. The number of aryl methyl sites for hydroxylation is 1. The number of carbonyl (C=O) groups is 1. The number of halogens is 1. The van der Waals surface area contributed by atoms with Gasteiger partial charge in [-0.25, -0.2) is 9.97 Å². The van der Waals surface area contributed by atoms with Gasteiger partial charge in [0.05, 0.1) is 21.3 Å². The minimum absolute atomic E-state index is 0.138. The number of imidazole rings is 1. The standard InChI is InChI=1S/C16H15ClN4OS/c1-9-3-5-12-13(7-9)20-16(19-12)23-10(2)15(22)21-14-6-4-11(17)8-18-14/h3-8,10H,1-2H3,(H,19,20)(H,18,21,22)/t10-/m1/s1. The molecule has 0 saturated carbocycles. The van der Waals surface area contributed by atoms with E-state index in [4.69, 9.17) is 11.6 Å². The SMILES string of the molecule is Cc1ccc2nc(S[C@H](C)C(=O)Nc3ccc(Cl)cn3)[nH]c2c1. The van der Waals surface area contributed by atoms with Crippen molar-refractivity contribution in [3.05, 3.63) is 47.1 Å². The van der Waals surface area contributed by atoms with Crippen LogP contribution in [0.2, 0.25) is 5.02 Å². The number of pyridine rings is 1. The van der Waals surface area contributed by atoms with Crippen molar-refractivity contribution in [3.63, 3.8) is 0 Å². The van der Waals surface area contributed by atoms with E-state index in [0.717, 1.165) is 21.8 Å². The molecule has 0 unspecified atom stereocenters. The molecule has 3 aromatic rings. The molecule has 0 aliphatic carbocycles. The van der Waals surface area contributed by atoms with Crippen LogP contribution in [0.1, 0.15) is 12.5 Å². The zero-order chi connectivity index (χ0) is 16.4. The Morgan fingerprint density at radius 2 is 2.17 bits per heavy atom. The normalized spacial score (nSPS) is 12.3. The average molecular weight is 347 g/mol. The lowest BCUT2D eigenvalue weighted by molar-refractivity contribution is -0.115. The third-order valence-electron chi connectivity index (χ3n) is 3.25. The van der Waals surface area contributed by atoms with Crippen LogP contribution in [-0.4, -0.2) is 26.1 Å². The van der Waals surface area contributed by atoms with Gasteiger partial charge in [-0.15, -0.1) is 0 Å². The predicted molar refractivity (Wildman–Crippen MR) is 94.0 cm³/mol. The zero-order valence-electron chi connectivity index (χ0n) is 12.6. The first-order valence-electron chi connectivity index (χ1n) is 7.07. The zero-order valence-corrected chi connectivity index (χ0v) is 14.2. The van der Waals surface area contributed by atoms with E-state index in [1.807, 2.05) is 32.0 Å². The van der Waals surface area contributed by atoms with Crippen molar-refractivity contribution in [2.45, 2.75) is 24.3 Å². The number of nitrogens with one attached hydrogen (secondary N) is 2. The molecule has 1 aromatic carbocycles. The molecule has 3 rings (SSSR count). The van der Waals surface area contributed by atoms with Gasteiger partial charge < -0.3 is 10.3 Å². The fourth-order valence-corrected chi connectivity index (χ4v) is 2.99. The van der Waals surface area contributed by atoms with Crippen molar-refractivity contribution < 1.29 is 4.79 Å². The Bertz CT molecular complexity index is 847. The van der Waals surface area contributed by atoms with Crippen LogP contribution in [-0.2, 0) is 4.79 Å². The summed E-state index contributed by atoms with van der Waals surface area (Å²) < 4.78 is 0. The van der Waals surface area contributed by atoms with Crippen molar-refractivity contribution in [2.24, 2.45) is 0 Å². The Morgan fingerprint density at radius 1 is 1.35 bits per heavy atom. The Balaban J connectivity index is 1.68. The highest BCUT2D eigenvalue weighted by Gasteiger charge is 2.17. The average Bonchev–Trinajstić information content (AvgIpc) is 2.90. The van der Waals surface area contributed by atoms with E-state index < -0.39 is 0 Å². The second kappa shape index (κ2) is 6.60. The van der Waals surface area contributed by atoms with Gasteiger partial charge in [0.1, 0.15) is 5.82 Å². The number of amides is 1. The van der Waals surface area contributed by atoms with E-state index in [-0.39, 0.29) is 11.2 Å². The van der Waals surface area contributed by atoms with Gasteiger partial charge in [-0.1, -0.05) is 29.4 Å². The first kappa shape index (κ1) is 15.8. The number of fused-ring (bicyclic) bond motifs is 1. The van der Waals surface area contributed by atoms with Crippen LogP contribution in [0.15, 0.2) is 41.7 Å². The third-order valence-corrected chi connectivity index (χ3v) is 4.46. The molecule has 7 heteroatoms. The molecular weight excluding hydrogens is 332 g/mol. The van der Waals surface area contributed by atoms with Crippen molar-refractivity contribution in [2.75, 3.05) is 5.32 Å². The van der Waals surface area contributed by atoms with Gasteiger partial charge in [0.15, 0.2) is 5.16 Å². The quantitative estimate of drug-likeness (QED) is 0.699. The number of rotatable bonds is 4. The van der Waals surface area contributed by atoms with E-state index >= 15 is 0 Å². The van der Waals surface area contributed by atoms with E-state index in [1.165, 1.54) is 18.0 Å². The number of hydrogen-bond donors (Lipinski definition) is 2. The van der Waals surface area contributed by atoms with Crippen molar-refractivity contribution in [1.82, 2.24) is 15.0 Å². The lowest BCUT2D eigenvalue weighted by Crippen LogP contribution is -2.23. The maximum Gasteiger partial charge on any atom is 0.238 e. The largest absolute Gasteiger partial charge is 0.333 e. The van der Waals surface area contributed by atoms with Gasteiger partial charge in [-0.05, 0) is 43.7 Å². The van der Waals surface area contributed by atoms with Crippen molar-refractivity contribution >= 4 is 46.1 Å². The Labute approximate surface area is 142 Å². The molecule has 0 fully saturated rings. The summed E-state index contributed by atoms with van der Waals surface area (Å²) in [6.07, 6.45) is 1.50. The summed E-state index contributed by atoms with van der Waals surface area (Å²) in [5, 5.41) is 3.70. The minimum Gasteiger partial charge on any atom is -0.333 e. The summed E-state index contributed by atoms with van der Waals surface area (Å²) in [4.78, 5) is 24.0. The molecule has 0 aliphatic heterocycles. The van der Waals surface area contributed by atoms with Crippen LogP contribution < -0.4 is 5.32 Å². The molecule has 1 atom stereocenters. The summed E-state index contributed by atoms with van der Waals surface area (Å²) >= 11 is 7.15. The van der Waals surface area contributed by atoms with Crippen LogP contribution in [0.4, 0.5) is 5.82 Å². The number of thioether (sulfide) groups is 1. The van der Waals surface area contributed by atoms with Gasteiger partial charge in [-0.3, -0.25) is 4.79 Å². The highest BCUT2D eigenvalue weighted by Crippen LogP contribution is 2.24. The van der Waals surface area contributed by atoms with Crippen LogP contribution >= 0.6 is 23.4 Å². The summed E-state index contributed by atoms with van der Waals surface area (Å²) in [6, 6.07) is 9.37. The number of aromatic amines is 1. The van der Waals surface area contributed by atoms with Crippen LogP contribution in [0.5, 0.6) is 0 Å². The number of carbonyl (C=O) groups excluding carboxylic acids is 1.